The molecule has 1 aliphatic rings. The number of anilines is 2. The second kappa shape index (κ2) is 6.70. The maximum absolute atomic E-state index is 13.2. The summed E-state index contributed by atoms with van der Waals surface area (Å²) >= 11 is 0. The van der Waals surface area contributed by atoms with E-state index in [0.29, 0.717) is 29.9 Å². The number of hydrogen-bond donors (Lipinski definition) is 1. The SMILES string of the molecule is COc1cc(F)ccc1NC(=O)c1cccc(N2CCCC2=O)c1. The van der Waals surface area contributed by atoms with E-state index >= 15 is 0 Å². The molecular weight excluding hydrogens is 311 g/mol. The molecule has 1 aliphatic heterocycles. The lowest BCUT2D eigenvalue weighted by molar-refractivity contribution is -0.117. The zero-order valence-electron chi connectivity index (χ0n) is 13.2. The van der Waals surface area contributed by atoms with Crippen molar-refractivity contribution in [2.24, 2.45) is 0 Å². The summed E-state index contributed by atoms with van der Waals surface area (Å²) in [5, 5.41) is 2.70. The lowest BCUT2D eigenvalue weighted by Crippen LogP contribution is -2.24. The van der Waals surface area contributed by atoms with Gasteiger partial charge in [0.2, 0.25) is 5.91 Å². The molecule has 0 aromatic heterocycles. The summed E-state index contributed by atoms with van der Waals surface area (Å²) < 4.78 is 18.3. The van der Waals surface area contributed by atoms with Crippen LogP contribution in [-0.4, -0.2) is 25.5 Å². The standard InChI is InChI=1S/C18H17FN2O3/c1-24-16-11-13(19)7-8-15(16)20-18(23)12-4-2-5-14(10-12)21-9-3-6-17(21)22/h2,4-5,7-8,10-11H,3,6,9H2,1H3,(H,20,23). The molecule has 0 spiro atoms. The predicted octanol–water partition coefficient (Wildman–Crippen LogP) is 3.21. The molecule has 0 atom stereocenters. The third-order valence-corrected chi connectivity index (χ3v) is 3.91. The minimum Gasteiger partial charge on any atom is -0.494 e. The van der Waals surface area contributed by atoms with E-state index in [9.17, 15) is 14.0 Å². The van der Waals surface area contributed by atoms with Gasteiger partial charge >= 0.3 is 0 Å². The summed E-state index contributed by atoms with van der Waals surface area (Å²) in [5.41, 5.74) is 1.50. The third kappa shape index (κ3) is 3.22. The van der Waals surface area contributed by atoms with Crippen LogP contribution in [0.15, 0.2) is 42.5 Å². The fourth-order valence-electron chi connectivity index (χ4n) is 2.70. The molecule has 1 heterocycles. The Morgan fingerprint density at radius 3 is 2.79 bits per heavy atom. The fraction of sp³-hybridized carbons (Fsp3) is 0.222. The van der Waals surface area contributed by atoms with E-state index in [0.717, 1.165) is 6.42 Å². The molecule has 0 radical (unpaired) electrons. The number of methoxy groups -OCH3 is 1. The second-order valence-corrected chi connectivity index (χ2v) is 5.50. The van der Waals surface area contributed by atoms with Crippen LogP contribution in [0.5, 0.6) is 5.75 Å². The first-order valence-corrected chi connectivity index (χ1v) is 7.64. The predicted molar refractivity (Wildman–Crippen MR) is 88.9 cm³/mol. The average Bonchev–Trinajstić information content (AvgIpc) is 3.02. The van der Waals surface area contributed by atoms with Crippen molar-refractivity contribution in [3.63, 3.8) is 0 Å². The van der Waals surface area contributed by atoms with Gasteiger partial charge in [-0.15, -0.1) is 0 Å². The molecular formula is C18H17FN2O3. The van der Waals surface area contributed by atoms with Crippen molar-refractivity contribution >= 4 is 23.2 Å². The number of benzene rings is 2. The number of rotatable bonds is 4. The molecule has 0 unspecified atom stereocenters. The largest absolute Gasteiger partial charge is 0.494 e. The van der Waals surface area contributed by atoms with Crippen LogP contribution in [0.1, 0.15) is 23.2 Å². The van der Waals surface area contributed by atoms with Gasteiger partial charge in [0.1, 0.15) is 11.6 Å². The number of nitrogens with one attached hydrogen (secondary N) is 1. The molecule has 0 aliphatic carbocycles. The molecule has 6 heteroatoms. The first-order chi connectivity index (χ1) is 11.6. The Kier molecular flexibility index (Phi) is 4.46. The van der Waals surface area contributed by atoms with E-state index < -0.39 is 5.82 Å². The van der Waals surface area contributed by atoms with E-state index in [1.807, 2.05) is 0 Å². The van der Waals surface area contributed by atoms with E-state index in [1.54, 1.807) is 29.2 Å². The number of carbonyl (C=O) groups excluding carboxylic acids is 2. The van der Waals surface area contributed by atoms with Gasteiger partial charge in [0.15, 0.2) is 0 Å². The Morgan fingerprint density at radius 1 is 1.25 bits per heavy atom. The highest BCUT2D eigenvalue weighted by Gasteiger charge is 2.22. The van der Waals surface area contributed by atoms with Gasteiger partial charge in [-0.2, -0.15) is 0 Å². The van der Waals surface area contributed by atoms with Crippen LogP contribution < -0.4 is 15.0 Å². The van der Waals surface area contributed by atoms with E-state index in [-0.39, 0.29) is 17.6 Å². The summed E-state index contributed by atoms with van der Waals surface area (Å²) in [4.78, 5) is 26.0. The maximum atomic E-state index is 13.2. The zero-order valence-corrected chi connectivity index (χ0v) is 13.2. The van der Waals surface area contributed by atoms with Crippen molar-refractivity contribution < 1.29 is 18.7 Å². The quantitative estimate of drug-likeness (QED) is 0.937. The Balaban J connectivity index is 1.82. The topological polar surface area (TPSA) is 58.6 Å². The Hall–Kier alpha value is -2.89. The molecule has 24 heavy (non-hydrogen) atoms. The van der Waals surface area contributed by atoms with Gasteiger partial charge in [-0.05, 0) is 36.8 Å². The second-order valence-electron chi connectivity index (χ2n) is 5.50. The van der Waals surface area contributed by atoms with Crippen LogP contribution in [0.3, 0.4) is 0 Å². The number of halogens is 1. The Bertz CT molecular complexity index is 792. The molecule has 124 valence electrons. The Morgan fingerprint density at radius 2 is 2.08 bits per heavy atom. The summed E-state index contributed by atoms with van der Waals surface area (Å²) in [6.45, 7) is 0.662. The minimum absolute atomic E-state index is 0.0627. The van der Waals surface area contributed by atoms with E-state index in [4.69, 9.17) is 4.74 Å². The van der Waals surface area contributed by atoms with Gasteiger partial charge in [0.25, 0.3) is 5.91 Å². The lowest BCUT2D eigenvalue weighted by Gasteiger charge is -2.16. The minimum atomic E-state index is -0.445. The summed E-state index contributed by atoms with van der Waals surface area (Å²) in [6, 6.07) is 10.8. The molecule has 0 bridgehead atoms. The number of carbonyl (C=O) groups is 2. The molecule has 5 nitrogen and oxygen atoms in total. The van der Waals surface area contributed by atoms with Crippen LogP contribution in [0, 0.1) is 5.82 Å². The molecule has 3 rings (SSSR count). The smallest absolute Gasteiger partial charge is 0.255 e. The maximum Gasteiger partial charge on any atom is 0.255 e. The number of ether oxygens (including phenoxy) is 1. The molecule has 1 N–H and O–H groups in total. The van der Waals surface area contributed by atoms with Gasteiger partial charge in [-0.1, -0.05) is 6.07 Å². The van der Waals surface area contributed by atoms with E-state index in [1.165, 1.54) is 25.3 Å². The number of hydrogen-bond acceptors (Lipinski definition) is 3. The van der Waals surface area contributed by atoms with Gasteiger partial charge in [-0.25, -0.2) is 4.39 Å². The van der Waals surface area contributed by atoms with E-state index in [2.05, 4.69) is 5.32 Å². The van der Waals surface area contributed by atoms with Crippen molar-refractivity contribution in [3.8, 4) is 5.75 Å². The van der Waals surface area contributed by atoms with Crippen LogP contribution in [0.25, 0.3) is 0 Å². The number of amides is 2. The first kappa shape index (κ1) is 16.0. The van der Waals surface area contributed by atoms with Crippen molar-refractivity contribution in [1.29, 1.82) is 0 Å². The normalized spacial score (nSPS) is 13.9. The molecule has 0 saturated carbocycles. The van der Waals surface area contributed by atoms with Crippen molar-refractivity contribution in [3.05, 3.63) is 53.8 Å². The van der Waals surface area contributed by atoms with Gasteiger partial charge in [0.05, 0.1) is 12.8 Å². The van der Waals surface area contributed by atoms with Gasteiger partial charge in [-0.3, -0.25) is 9.59 Å². The van der Waals surface area contributed by atoms with Crippen LogP contribution in [-0.2, 0) is 4.79 Å². The van der Waals surface area contributed by atoms with Crippen LogP contribution in [0.2, 0.25) is 0 Å². The van der Waals surface area contributed by atoms with Crippen LogP contribution >= 0.6 is 0 Å². The van der Waals surface area contributed by atoms with Crippen LogP contribution in [0.4, 0.5) is 15.8 Å². The zero-order chi connectivity index (χ0) is 17.1. The first-order valence-electron chi connectivity index (χ1n) is 7.64. The average molecular weight is 328 g/mol. The van der Waals surface area contributed by atoms with Gasteiger partial charge in [0, 0.05) is 30.3 Å². The highest BCUT2D eigenvalue weighted by molar-refractivity contribution is 6.06. The fourth-order valence-corrected chi connectivity index (χ4v) is 2.70. The summed E-state index contributed by atoms with van der Waals surface area (Å²) in [5.74, 6) is -0.491. The molecule has 2 aromatic carbocycles. The lowest BCUT2D eigenvalue weighted by atomic mass is 10.1. The summed E-state index contributed by atoms with van der Waals surface area (Å²) in [6.07, 6.45) is 1.35. The molecule has 1 saturated heterocycles. The Labute approximate surface area is 139 Å². The number of nitrogens with zero attached hydrogens (tertiary/aromatic N) is 1. The monoisotopic (exact) mass is 328 g/mol. The highest BCUT2D eigenvalue weighted by Crippen LogP contribution is 2.26. The van der Waals surface area contributed by atoms with Crippen molar-refractivity contribution in [1.82, 2.24) is 0 Å². The van der Waals surface area contributed by atoms with Gasteiger partial charge < -0.3 is 15.0 Å². The molecule has 2 aromatic rings. The van der Waals surface area contributed by atoms with Crippen molar-refractivity contribution in [2.45, 2.75) is 12.8 Å². The molecule has 2 amide bonds. The highest BCUT2D eigenvalue weighted by atomic mass is 19.1. The molecule has 1 fully saturated rings. The summed E-state index contributed by atoms with van der Waals surface area (Å²) in [7, 11) is 1.41. The van der Waals surface area contributed by atoms with Crippen molar-refractivity contribution in [2.75, 3.05) is 23.9 Å². The third-order valence-electron chi connectivity index (χ3n) is 3.91.